The Labute approximate surface area is 137 Å². The quantitative estimate of drug-likeness (QED) is 0.393. The van der Waals surface area contributed by atoms with Gasteiger partial charge in [-0.05, 0) is 47.5 Å². The van der Waals surface area contributed by atoms with Gasteiger partial charge in [0.1, 0.15) is 0 Å². The molecule has 0 bridgehead atoms. The molecule has 130 valence electrons. The second kappa shape index (κ2) is 9.33. The number of hydrogen-bond acceptors (Lipinski definition) is 6. The lowest BCUT2D eigenvalue weighted by atomic mass is 9.93. The molecule has 0 unspecified atom stereocenters. The number of alkyl halides is 1. The van der Waals surface area contributed by atoms with Crippen molar-refractivity contribution in [2.75, 3.05) is 19.1 Å². The van der Waals surface area contributed by atoms with E-state index in [-0.39, 0.29) is 37.2 Å². The van der Waals surface area contributed by atoms with Crippen LogP contribution in [-0.4, -0.2) is 48.3 Å². The van der Waals surface area contributed by atoms with Gasteiger partial charge >= 0.3 is 11.9 Å². The standard InChI is InChI=1S/C15H28ClNO5/c1-6-20-12(18)15(17,13(19)21-7-2)9-8-11(10-16)22-14(3,4)5/h11H,6-10,17H2,1-5H3/t11-/m0/s1. The molecule has 0 aromatic carbocycles. The SMILES string of the molecule is CCOC(=O)C(N)(CC[C@@H](CCl)OC(C)(C)C)C(=O)OCC. The maximum absolute atomic E-state index is 12.0. The molecule has 0 saturated heterocycles. The molecule has 0 spiro atoms. The van der Waals surface area contributed by atoms with Crippen LogP contribution in [0.3, 0.4) is 0 Å². The highest BCUT2D eigenvalue weighted by atomic mass is 35.5. The van der Waals surface area contributed by atoms with Gasteiger partial charge in [0.15, 0.2) is 0 Å². The summed E-state index contributed by atoms with van der Waals surface area (Å²) < 4.78 is 15.6. The summed E-state index contributed by atoms with van der Waals surface area (Å²) in [5, 5.41) is 0. The summed E-state index contributed by atoms with van der Waals surface area (Å²) >= 11 is 5.89. The highest BCUT2D eigenvalue weighted by Gasteiger charge is 2.45. The monoisotopic (exact) mass is 337 g/mol. The fourth-order valence-electron chi connectivity index (χ4n) is 1.86. The maximum Gasteiger partial charge on any atom is 0.337 e. The molecule has 1 atom stereocenters. The number of hydrogen-bond donors (Lipinski definition) is 1. The Hall–Kier alpha value is -0.850. The summed E-state index contributed by atoms with van der Waals surface area (Å²) in [6.45, 7) is 9.27. The fourth-order valence-corrected chi connectivity index (χ4v) is 2.08. The molecule has 0 aromatic heterocycles. The van der Waals surface area contributed by atoms with Crippen LogP contribution in [0.1, 0.15) is 47.5 Å². The van der Waals surface area contributed by atoms with Crippen molar-refractivity contribution in [2.24, 2.45) is 5.73 Å². The van der Waals surface area contributed by atoms with Crippen LogP contribution in [0.2, 0.25) is 0 Å². The lowest BCUT2D eigenvalue weighted by Gasteiger charge is -2.29. The van der Waals surface area contributed by atoms with Crippen LogP contribution in [0, 0.1) is 0 Å². The Kier molecular flexibility index (Phi) is 8.96. The molecule has 0 aromatic rings. The second-order valence-electron chi connectivity index (χ2n) is 5.96. The summed E-state index contributed by atoms with van der Waals surface area (Å²) in [5.74, 6) is -1.35. The second-order valence-corrected chi connectivity index (χ2v) is 6.27. The van der Waals surface area contributed by atoms with Gasteiger partial charge in [-0.1, -0.05) is 0 Å². The van der Waals surface area contributed by atoms with Crippen molar-refractivity contribution < 1.29 is 23.8 Å². The molecular weight excluding hydrogens is 310 g/mol. The first kappa shape index (κ1) is 21.1. The molecule has 0 amide bonds. The number of nitrogens with two attached hydrogens (primary N) is 1. The van der Waals surface area contributed by atoms with Crippen LogP contribution in [0.15, 0.2) is 0 Å². The van der Waals surface area contributed by atoms with Crippen LogP contribution in [-0.2, 0) is 23.8 Å². The Morgan fingerprint density at radius 1 is 1.09 bits per heavy atom. The lowest BCUT2D eigenvalue weighted by Crippen LogP contribution is -2.57. The molecule has 0 radical (unpaired) electrons. The minimum Gasteiger partial charge on any atom is -0.464 e. The average molecular weight is 338 g/mol. The summed E-state index contributed by atoms with van der Waals surface area (Å²) in [6.07, 6.45) is 0.0565. The molecule has 22 heavy (non-hydrogen) atoms. The van der Waals surface area contributed by atoms with Crippen molar-refractivity contribution >= 4 is 23.5 Å². The highest BCUT2D eigenvalue weighted by molar-refractivity contribution is 6.18. The molecule has 0 aliphatic heterocycles. The Balaban J connectivity index is 4.97. The van der Waals surface area contributed by atoms with Gasteiger partial charge in [-0.25, -0.2) is 9.59 Å². The van der Waals surface area contributed by atoms with E-state index in [2.05, 4.69) is 0 Å². The number of halogens is 1. The first-order chi connectivity index (χ1) is 10.1. The van der Waals surface area contributed by atoms with Gasteiger partial charge in [0.2, 0.25) is 5.54 Å². The molecule has 0 heterocycles. The maximum atomic E-state index is 12.0. The third-order valence-electron chi connectivity index (χ3n) is 2.83. The van der Waals surface area contributed by atoms with E-state index in [0.29, 0.717) is 6.42 Å². The third-order valence-corrected chi connectivity index (χ3v) is 3.18. The average Bonchev–Trinajstić information content (AvgIpc) is 2.42. The Bertz CT molecular complexity index is 349. The van der Waals surface area contributed by atoms with Gasteiger partial charge in [-0.2, -0.15) is 0 Å². The summed E-state index contributed by atoms with van der Waals surface area (Å²) in [4.78, 5) is 24.1. The van der Waals surface area contributed by atoms with Crippen LogP contribution in [0.25, 0.3) is 0 Å². The molecule has 0 aliphatic rings. The number of carbonyl (C=O) groups excluding carboxylic acids is 2. The number of esters is 2. The van der Waals surface area contributed by atoms with E-state index >= 15 is 0 Å². The van der Waals surface area contributed by atoms with Crippen molar-refractivity contribution in [3.8, 4) is 0 Å². The minimum absolute atomic E-state index is 0.0398. The van der Waals surface area contributed by atoms with Crippen LogP contribution in [0.5, 0.6) is 0 Å². The summed E-state index contributed by atoms with van der Waals surface area (Å²) in [5.41, 5.74) is 3.76. The number of ether oxygens (including phenoxy) is 3. The molecule has 0 saturated carbocycles. The van der Waals surface area contributed by atoms with Crippen molar-refractivity contribution in [2.45, 2.75) is 64.7 Å². The topological polar surface area (TPSA) is 87.9 Å². The zero-order chi connectivity index (χ0) is 17.4. The molecule has 7 heteroatoms. The van der Waals surface area contributed by atoms with E-state index in [0.717, 1.165) is 0 Å². The van der Waals surface area contributed by atoms with Gasteiger partial charge < -0.3 is 19.9 Å². The molecule has 0 aliphatic carbocycles. The van der Waals surface area contributed by atoms with Crippen LogP contribution in [0.4, 0.5) is 0 Å². The van der Waals surface area contributed by atoms with Crippen molar-refractivity contribution in [3.63, 3.8) is 0 Å². The van der Waals surface area contributed by atoms with E-state index < -0.39 is 17.5 Å². The van der Waals surface area contributed by atoms with E-state index in [1.165, 1.54) is 0 Å². The van der Waals surface area contributed by atoms with Crippen molar-refractivity contribution in [1.82, 2.24) is 0 Å². The number of carbonyl (C=O) groups is 2. The van der Waals surface area contributed by atoms with Crippen molar-refractivity contribution in [1.29, 1.82) is 0 Å². The van der Waals surface area contributed by atoms with E-state index in [4.69, 9.17) is 31.5 Å². The zero-order valence-electron chi connectivity index (χ0n) is 14.1. The van der Waals surface area contributed by atoms with E-state index in [1.807, 2.05) is 20.8 Å². The lowest BCUT2D eigenvalue weighted by molar-refractivity contribution is -0.165. The van der Waals surface area contributed by atoms with Gasteiger partial charge in [0.25, 0.3) is 0 Å². The van der Waals surface area contributed by atoms with Gasteiger partial charge in [-0.15, -0.1) is 11.6 Å². The predicted octanol–water partition coefficient (Wildman–Crippen LogP) is 2.01. The minimum atomic E-state index is -1.84. The van der Waals surface area contributed by atoms with Gasteiger partial charge in [0, 0.05) is 5.88 Å². The highest BCUT2D eigenvalue weighted by Crippen LogP contribution is 2.21. The van der Waals surface area contributed by atoms with Gasteiger partial charge in [0.05, 0.1) is 24.9 Å². The smallest absolute Gasteiger partial charge is 0.337 e. The first-order valence-electron chi connectivity index (χ1n) is 7.47. The Morgan fingerprint density at radius 3 is 1.86 bits per heavy atom. The normalized spacial score (nSPS) is 13.6. The van der Waals surface area contributed by atoms with E-state index in [9.17, 15) is 9.59 Å². The zero-order valence-corrected chi connectivity index (χ0v) is 14.9. The summed E-state index contributed by atoms with van der Waals surface area (Å²) in [7, 11) is 0. The molecule has 2 N–H and O–H groups in total. The molecule has 0 fully saturated rings. The Morgan fingerprint density at radius 2 is 1.55 bits per heavy atom. The summed E-state index contributed by atoms with van der Waals surface area (Å²) in [6, 6.07) is 0. The fraction of sp³-hybridized carbons (Fsp3) is 0.867. The molecule has 6 nitrogen and oxygen atoms in total. The molecule has 0 rings (SSSR count). The van der Waals surface area contributed by atoms with E-state index in [1.54, 1.807) is 13.8 Å². The van der Waals surface area contributed by atoms with Crippen LogP contribution < -0.4 is 5.73 Å². The van der Waals surface area contributed by atoms with Crippen molar-refractivity contribution in [3.05, 3.63) is 0 Å². The van der Waals surface area contributed by atoms with Crippen LogP contribution >= 0.6 is 11.6 Å². The molecular formula is C15H28ClNO5. The largest absolute Gasteiger partial charge is 0.464 e. The third kappa shape index (κ3) is 6.94. The first-order valence-corrected chi connectivity index (χ1v) is 8.01. The predicted molar refractivity (Wildman–Crippen MR) is 84.8 cm³/mol. The number of rotatable bonds is 9. The van der Waals surface area contributed by atoms with Gasteiger partial charge in [-0.3, -0.25) is 0 Å².